The summed E-state index contributed by atoms with van der Waals surface area (Å²) in [5.74, 6) is 0. The van der Waals surface area contributed by atoms with E-state index in [-0.39, 0.29) is 18.9 Å². The molecule has 0 atom stereocenters. The zero-order chi connectivity index (χ0) is 3.54. The molecule has 0 amide bonds. The van der Waals surface area contributed by atoms with Crippen LogP contribution in [0.2, 0.25) is 0 Å². The summed E-state index contributed by atoms with van der Waals surface area (Å²) in [6.07, 6.45) is 10.0. The van der Waals surface area contributed by atoms with Gasteiger partial charge in [0.25, 0.3) is 0 Å². The molecule has 0 spiro atoms. The Balaban J connectivity index is 0.000000250. The largest absolute Gasteiger partial charge is 1.00 e. The first-order valence-corrected chi connectivity index (χ1v) is 1.72. The molecule has 0 aromatic carbocycles. The van der Waals surface area contributed by atoms with E-state index in [1.807, 2.05) is 12.2 Å². The minimum Gasteiger partial charge on any atom is -0.273 e. The second-order valence-electron chi connectivity index (χ2n) is 1.00. The fourth-order valence-electron chi connectivity index (χ4n) is 0.340. The number of allylic oxidation sites excluding steroid dienone is 4. The van der Waals surface area contributed by atoms with Crippen molar-refractivity contribution in [1.29, 1.82) is 0 Å². The van der Waals surface area contributed by atoms with Crippen molar-refractivity contribution in [2.24, 2.45) is 0 Å². The van der Waals surface area contributed by atoms with E-state index in [9.17, 15) is 0 Å². The monoisotopic (exact) mass is 72.1 g/mol. The van der Waals surface area contributed by atoms with Crippen molar-refractivity contribution in [2.75, 3.05) is 0 Å². The van der Waals surface area contributed by atoms with Gasteiger partial charge in [0.15, 0.2) is 0 Å². The Morgan fingerprint density at radius 3 is 2.50 bits per heavy atom. The number of rotatable bonds is 0. The van der Waals surface area contributed by atoms with Crippen LogP contribution in [-0.4, -0.2) is 0 Å². The molecule has 0 radical (unpaired) electrons. The Labute approximate surface area is 50.1 Å². The Bertz CT molecular complexity index is 62.0. The third-order valence-electron chi connectivity index (χ3n) is 0.586. The maximum atomic E-state index is 2.99. The number of hydrogen-bond donors (Lipinski definition) is 0. The predicted octanol–water partition coefficient (Wildman–Crippen LogP) is -1.69. The van der Waals surface area contributed by atoms with Gasteiger partial charge in [-0.3, -0.25) is 6.08 Å². The van der Waals surface area contributed by atoms with Crippen molar-refractivity contribution < 1.29 is 18.9 Å². The van der Waals surface area contributed by atoms with Crippen molar-refractivity contribution in [1.82, 2.24) is 0 Å². The fourth-order valence-corrected chi connectivity index (χ4v) is 0.340. The molecule has 1 aliphatic rings. The second kappa shape index (κ2) is 3.27. The molecule has 0 aromatic heterocycles. The summed E-state index contributed by atoms with van der Waals surface area (Å²) < 4.78 is 0. The molecule has 0 aromatic rings. The van der Waals surface area contributed by atoms with Gasteiger partial charge in [-0.15, -0.1) is 6.42 Å². The van der Waals surface area contributed by atoms with Crippen LogP contribution in [0.1, 0.15) is 6.42 Å². The van der Waals surface area contributed by atoms with Crippen LogP contribution in [0, 0.1) is 6.08 Å². The van der Waals surface area contributed by atoms with Crippen molar-refractivity contribution in [2.45, 2.75) is 6.42 Å². The predicted molar refractivity (Wildman–Crippen MR) is 21.6 cm³/mol. The maximum absolute atomic E-state index is 2.99. The molecule has 0 N–H and O–H groups in total. The molecule has 1 rings (SSSR count). The van der Waals surface area contributed by atoms with Crippen LogP contribution in [0.15, 0.2) is 18.2 Å². The summed E-state index contributed by atoms with van der Waals surface area (Å²) >= 11 is 0. The van der Waals surface area contributed by atoms with Crippen molar-refractivity contribution >= 4 is 0 Å². The van der Waals surface area contributed by atoms with E-state index in [1.54, 1.807) is 0 Å². The summed E-state index contributed by atoms with van der Waals surface area (Å²) in [4.78, 5) is 0. The third-order valence-corrected chi connectivity index (χ3v) is 0.586. The molecule has 1 heteroatoms. The first kappa shape index (κ1) is 6.08. The van der Waals surface area contributed by atoms with Gasteiger partial charge in [-0.05, 0) is 0 Å². The minimum atomic E-state index is 0. The number of hydrogen-bond acceptors (Lipinski definition) is 0. The third kappa shape index (κ3) is 1.50. The van der Waals surface area contributed by atoms with Gasteiger partial charge in [-0.2, -0.15) is 6.08 Å². The molecule has 0 unspecified atom stereocenters. The maximum Gasteiger partial charge on any atom is 1.00 e. The standard InChI is InChI=1S/C5H5.Li/c1-2-4-5-3-1;/h1-3H,4H2;/q-1;+1. The SMILES string of the molecule is [C-]1=CC=CC1.[Li+]. The zero-order valence-corrected chi connectivity index (χ0v) is 3.94. The van der Waals surface area contributed by atoms with E-state index in [2.05, 4.69) is 12.2 Å². The van der Waals surface area contributed by atoms with Gasteiger partial charge in [0, 0.05) is 0 Å². The average molecular weight is 72.0 g/mol. The Hall–Kier alpha value is 0.0774. The summed E-state index contributed by atoms with van der Waals surface area (Å²) in [5.41, 5.74) is 0. The minimum absolute atomic E-state index is 0. The second-order valence-corrected chi connectivity index (χ2v) is 1.00. The first-order valence-electron chi connectivity index (χ1n) is 1.72. The average Bonchev–Trinajstić information content (AvgIpc) is 1.76. The van der Waals surface area contributed by atoms with Crippen LogP contribution >= 0.6 is 0 Å². The molecule has 0 saturated carbocycles. The van der Waals surface area contributed by atoms with Gasteiger partial charge in [0.05, 0.1) is 0 Å². The molecule has 26 valence electrons. The normalized spacial score (nSPS) is 14.7. The molecule has 0 saturated heterocycles. The zero-order valence-electron chi connectivity index (χ0n) is 3.94. The quantitative estimate of drug-likeness (QED) is 0.236. The van der Waals surface area contributed by atoms with Gasteiger partial charge in [-0.25, -0.2) is 12.2 Å². The van der Waals surface area contributed by atoms with E-state index in [1.165, 1.54) is 0 Å². The summed E-state index contributed by atoms with van der Waals surface area (Å²) in [6.45, 7) is 0. The van der Waals surface area contributed by atoms with Crippen molar-refractivity contribution in [3.63, 3.8) is 0 Å². The molecule has 6 heavy (non-hydrogen) atoms. The molecule has 0 aliphatic heterocycles. The molecular weight excluding hydrogens is 67.0 g/mol. The van der Waals surface area contributed by atoms with E-state index >= 15 is 0 Å². The van der Waals surface area contributed by atoms with E-state index < -0.39 is 0 Å². The summed E-state index contributed by atoms with van der Waals surface area (Å²) in [6, 6.07) is 0. The van der Waals surface area contributed by atoms with Crippen LogP contribution in [0.3, 0.4) is 0 Å². The van der Waals surface area contributed by atoms with Gasteiger partial charge in [0.2, 0.25) is 0 Å². The fraction of sp³-hybridized carbons (Fsp3) is 0.200. The summed E-state index contributed by atoms with van der Waals surface area (Å²) in [7, 11) is 0. The molecule has 0 heterocycles. The van der Waals surface area contributed by atoms with E-state index in [0.717, 1.165) is 6.42 Å². The Morgan fingerprint density at radius 2 is 2.33 bits per heavy atom. The van der Waals surface area contributed by atoms with Gasteiger partial charge < -0.3 is 0 Å². The van der Waals surface area contributed by atoms with Gasteiger partial charge in [0.1, 0.15) is 0 Å². The van der Waals surface area contributed by atoms with E-state index in [4.69, 9.17) is 0 Å². The molecular formula is C5H5Li. The molecule has 0 fully saturated rings. The van der Waals surface area contributed by atoms with Crippen LogP contribution in [-0.2, 0) is 0 Å². The van der Waals surface area contributed by atoms with Crippen LogP contribution in [0.25, 0.3) is 0 Å². The van der Waals surface area contributed by atoms with Gasteiger partial charge >= 0.3 is 18.9 Å². The molecule has 1 aliphatic carbocycles. The Morgan fingerprint density at radius 1 is 1.50 bits per heavy atom. The van der Waals surface area contributed by atoms with Gasteiger partial charge in [-0.1, -0.05) is 0 Å². The van der Waals surface area contributed by atoms with Crippen LogP contribution in [0.4, 0.5) is 0 Å². The topological polar surface area (TPSA) is 0 Å². The first-order chi connectivity index (χ1) is 2.50. The summed E-state index contributed by atoms with van der Waals surface area (Å²) in [5, 5.41) is 0. The van der Waals surface area contributed by atoms with Crippen molar-refractivity contribution in [3.05, 3.63) is 24.3 Å². The van der Waals surface area contributed by atoms with Crippen LogP contribution < -0.4 is 18.9 Å². The van der Waals surface area contributed by atoms with Crippen molar-refractivity contribution in [3.8, 4) is 0 Å². The van der Waals surface area contributed by atoms with Crippen LogP contribution in [0.5, 0.6) is 0 Å². The molecule has 0 bridgehead atoms. The van der Waals surface area contributed by atoms with E-state index in [0.29, 0.717) is 0 Å². The molecule has 0 nitrogen and oxygen atoms in total. The Kier molecular flexibility index (Phi) is 3.32. The smallest absolute Gasteiger partial charge is 0.273 e.